The van der Waals surface area contributed by atoms with Crippen LogP contribution in [0, 0.1) is 10.1 Å². The number of para-hydroxylation sites is 1. The van der Waals surface area contributed by atoms with Gasteiger partial charge in [0.25, 0.3) is 5.69 Å². The van der Waals surface area contributed by atoms with Crippen LogP contribution in [-0.2, 0) is 11.2 Å². The van der Waals surface area contributed by atoms with Crippen molar-refractivity contribution in [2.24, 2.45) is 0 Å². The summed E-state index contributed by atoms with van der Waals surface area (Å²) in [4.78, 5) is 27.3. The van der Waals surface area contributed by atoms with Crippen molar-refractivity contribution < 1.29 is 9.72 Å². The van der Waals surface area contributed by atoms with Crippen molar-refractivity contribution in [3.8, 4) is 0 Å². The summed E-state index contributed by atoms with van der Waals surface area (Å²) in [6.07, 6.45) is 3.18. The summed E-state index contributed by atoms with van der Waals surface area (Å²) in [5.41, 5.74) is 0.504. The third-order valence-electron chi connectivity index (χ3n) is 4.57. The number of nitro benzene ring substituents is 1. The van der Waals surface area contributed by atoms with Gasteiger partial charge < -0.3 is 9.80 Å². The van der Waals surface area contributed by atoms with E-state index in [4.69, 9.17) is 0 Å². The highest BCUT2D eigenvalue weighted by Gasteiger charge is 2.26. The normalized spacial score (nSPS) is 16.3. The second-order valence-corrected chi connectivity index (χ2v) is 6.14. The maximum absolute atomic E-state index is 12.5. The Balaban J connectivity index is 1.95. The maximum Gasteiger partial charge on any atom is 0.273 e. The molecule has 0 saturated carbocycles. The lowest BCUT2D eigenvalue weighted by molar-refractivity contribution is -0.385. The van der Waals surface area contributed by atoms with Gasteiger partial charge in [-0.2, -0.15) is 0 Å². The molecule has 6 heteroatoms. The summed E-state index contributed by atoms with van der Waals surface area (Å²) in [5.74, 6) is -0.0479. The number of hydrogen-bond acceptors (Lipinski definition) is 4. The fourth-order valence-electron chi connectivity index (χ4n) is 3.18. The van der Waals surface area contributed by atoms with Gasteiger partial charge in [-0.05, 0) is 25.8 Å². The lowest BCUT2D eigenvalue weighted by atomic mass is 10.0. The predicted octanol–water partition coefficient (Wildman–Crippen LogP) is 2.47. The van der Waals surface area contributed by atoms with Gasteiger partial charge in [-0.25, -0.2) is 0 Å². The molecule has 0 N–H and O–H groups in total. The van der Waals surface area contributed by atoms with E-state index < -0.39 is 4.92 Å². The quantitative estimate of drug-likeness (QED) is 0.597. The first-order valence-corrected chi connectivity index (χ1v) is 8.23. The Morgan fingerprint density at radius 3 is 2.61 bits per heavy atom. The molecule has 6 nitrogen and oxygen atoms in total. The molecule has 0 unspecified atom stereocenters. The number of carbonyl (C=O) groups excluding carboxylic acids is 1. The highest BCUT2D eigenvalue weighted by Crippen LogP contribution is 2.21. The zero-order valence-electron chi connectivity index (χ0n) is 13.9. The van der Waals surface area contributed by atoms with Gasteiger partial charge in [-0.3, -0.25) is 14.9 Å². The van der Waals surface area contributed by atoms with Gasteiger partial charge >= 0.3 is 0 Å². The second kappa shape index (κ2) is 8.06. The first-order chi connectivity index (χ1) is 11.0. The molecule has 0 aliphatic carbocycles. The Hall–Kier alpha value is -1.95. The van der Waals surface area contributed by atoms with Gasteiger partial charge in [-0.1, -0.05) is 25.1 Å². The molecule has 2 rings (SSSR count). The van der Waals surface area contributed by atoms with E-state index in [0.717, 1.165) is 38.9 Å². The van der Waals surface area contributed by atoms with Crippen LogP contribution in [0.1, 0.15) is 31.7 Å². The summed E-state index contributed by atoms with van der Waals surface area (Å²) < 4.78 is 0. The maximum atomic E-state index is 12.5. The zero-order chi connectivity index (χ0) is 16.8. The number of amides is 1. The van der Waals surface area contributed by atoms with Crippen molar-refractivity contribution in [3.63, 3.8) is 0 Å². The summed E-state index contributed by atoms with van der Waals surface area (Å²) in [6, 6.07) is 6.70. The minimum Gasteiger partial charge on any atom is -0.342 e. The molecule has 0 radical (unpaired) electrons. The number of rotatable bonds is 6. The molecule has 1 aliphatic rings. The molecule has 1 fully saturated rings. The number of benzene rings is 1. The van der Waals surface area contributed by atoms with Crippen LogP contribution in [0.2, 0.25) is 0 Å². The number of piperidine rings is 1. The molecular formula is C17H25N3O3. The van der Waals surface area contributed by atoms with Crippen molar-refractivity contribution in [2.45, 2.75) is 38.6 Å². The lowest BCUT2D eigenvalue weighted by Crippen LogP contribution is -2.46. The summed E-state index contributed by atoms with van der Waals surface area (Å²) in [7, 11) is 1.82. The van der Waals surface area contributed by atoms with Gasteiger partial charge in [-0.15, -0.1) is 0 Å². The van der Waals surface area contributed by atoms with Gasteiger partial charge in [0.2, 0.25) is 5.91 Å². The van der Waals surface area contributed by atoms with Crippen molar-refractivity contribution in [3.05, 3.63) is 39.9 Å². The molecule has 1 aliphatic heterocycles. The third kappa shape index (κ3) is 4.51. The largest absolute Gasteiger partial charge is 0.342 e. The standard InChI is InChI=1S/C17H25N3O3/c1-3-10-19-11-8-15(9-12-19)18(2)17(21)13-14-6-4-5-7-16(14)20(22)23/h4-7,15H,3,8-13H2,1-2H3. The van der Waals surface area contributed by atoms with Crippen LogP contribution in [0.4, 0.5) is 5.69 Å². The van der Waals surface area contributed by atoms with Crippen molar-refractivity contribution in [1.29, 1.82) is 0 Å². The Labute approximate surface area is 137 Å². The Kier molecular flexibility index (Phi) is 6.10. The monoisotopic (exact) mass is 319 g/mol. The fourth-order valence-corrected chi connectivity index (χ4v) is 3.18. The van der Waals surface area contributed by atoms with Crippen molar-refractivity contribution >= 4 is 11.6 Å². The minimum atomic E-state index is -0.425. The van der Waals surface area contributed by atoms with Gasteiger partial charge in [0, 0.05) is 37.8 Å². The zero-order valence-corrected chi connectivity index (χ0v) is 13.9. The van der Waals surface area contributed by atoms with Crippen LogP contribution in [0.15, 0.2) is 24.3 Å². The highest BCUT2D eigenvalue weighted by atomic mass is 16.6. The molecule has 0 aromatic heterocycles. The molecule has 1 aromatic carbocycles. The molecule has 23 heavy (non-hydrogen) atoms. The van der Waals surface area contributed by atoms with E-state index >= 15 is 0 Å². The SMILES string of the molecule is CCCN1CCC(N(C)C(=O)Cc2ccccc2[N+](=O)[O-])CC1. The molecule has 1 aromatic rings. The number of nitro groups is 1. The van der Waals surface area contributed by atoms with E-state index in [-0.39, 0.29) is 24.1 Å². The Bertz CT molecular complexity index is 554. The van der Waals surface area contributed by atoms with E-state index in [9.17, 15) is 14.9 Å². The highest BCUT2D eigenvalue weighted by molar-refractivity contribution is 5.80. The first kappa shape index (κ1) is 17.4. The van der Waals surface area contributed by atoms with Crippen LogP contribution in [-0.4, -0.2) is 53.4 Å². The topological polar surface area (TPSA) is 66.7 Å². The summed E-state index contributed by atoms with van der Waals surface area (Å²) >= 11 is 0. The van der Waals surface area contributed by atoms with Crippen LogP contribution >= 0.6 is 0 Å². The van der Waals surface area contributed by atoms with Gasteiger partial charge in [0.15, 0.2) is 0 Å². The van der Waals surface area contributed by atoms with E-state index in [1.54, 1.807) is 23.1 Å². The van der Waals surface area contributed by atoms with Gasteiger partial charge in [0.1, 0.15) is 0 Å². The molecule has 0 spiro atoms. The lowest BCUT2D eigenvalue weighted by Gasteiger charge is -2.36. The molecule has 126 valence electrons. The Morgan fingerprint density at radius 2 is 2.00 bits per heavy atom. The van der Waals surface area contributed by atoms with Crippen LogP contribution in [0.25, 0.3) is 0 Å². The first-order valence-electron chi connectivity index (χ1n) is 8.23. The van der Waals surface area contributed by atoms with E-state index in [1.807, 2.05) is 7.05 Å². The predicted molar refractivity (Wildman–Crippen MR) is 89.3 cm³/mol. The van der Waals surface area contributed by atoms with Crippen LogP contribution in [0.3, 0.4) is 0 Å². The molecule has 1 amide bonds. The second-order valence-electron chi connectivity index (χ2n) is 6.14. The van der Waals surface area contributed by atoms with Crippen molar-refractivity contribution in [1.82, 2.24) is 9.80 Å². The number of nitrogens with zero attached hydrogens (tertiary/aromatic N) is 3. The van der Waals surface area contributed by atoms with Crippen LogP contribution in [0.5, 0.6) is 0 Å². The summed E-state index contributed by atoms with van der Waals surface area (Å²) in [6.45, 7) is 5.32. The van der Waals surface area contributed by atoms with E-state index in [2.05, 4.69) is 11.8 Å². The molecule has 1 saturated heterocycles. The number of likely N-dealkylation sites (N-methyl/N-ethyl adjacent to an activating group) is 1. The number of likely N-dealkylation sites (tertiary alicyclic amines) is 1. The molecule has 1 heterocycles. The molecule has 0 atom stereocenters. The average Bonchev–Trinajstić information content (AvgIpc) is 2.55. The number of hydrogen-bond donors (Lipinski definition) is 0. The fraction of sp³-hybridized carbons (Fsp3) is 0.588. The smallest absolute Gasteiger partial charge is 0.273 e. The molecular weight excluding hydrogens is 294 g/mol. The third-order valence-corrected chi connectivity index (χ3v) is 4.57. The van der Waals surface area contributed by atoms with E-state index in [0.29, 0.717) is 5.56 Å². The Morgan fingerprint density at radius 1 is 1.35 bits per heavy atom. The van der Waals surface area contributed by atoms with Crippen LogP contribution < -0.4 is 0 Å². The van der Waals surface area contributed by atoms with Gasteiger partial charge in [0.05, 0.1) is 11.3 Å². The number of carbonyl (C=O) groups is 1. The average molecular weight is 319 g/mol. The minimum absolute atomic E-state index is 0.0204. The van der Waals surface area contributed by atoms with Crippen molar-refractivity contribution in [2.75, 3.05) is 26.7 Å². The summed E-state index contributed by atoms with van der Waals surface area (Å²) in [5, 5.41) is 11.0. The van der Waals surface area contributed by atoms with E-state index in [1.165, 1.54) is 6.07 Å². The molecule has 0 bridgehead atoms.